The molecular weight excluding hydrogens is 260 g/mol. The highest BCUT2D eigenvalue weighted by molar-refractivity contribution is 6.29. The summed E-state index contributed by atoms with van der Waals surface area (Å²) < 4.78 is 0. The number of carboxylic acids is 1. The molecule has 0 spiro atoms. The minimum absolute atomic E-state index is 0.446. The van der Waals surface area contributed by atoms with E-state index in [1.165, 1.54) is 5.56 Å². The van der Waals surface area contributed by atoms with Crippen LogP contribution in [0.3, 0.4) is 0 Å². The summed E-state index contributed by atoms with van der Waals surface area (Å²) in [4.78, 5) is 10.6. The van der Waals surface area contributed by atoms with Crippen LogP contribution in [0.25, 0.3) is 11.1 Å². The second kappa shape index (κ2) is 6.39. The molecule has 1 unspecified atom stereocenters. The van der Waals surface area contributed by atoms with Crippen LogP contribution in [0.15, 0.2) is 54.6 Å². The van der Waals surface area contributed by atoms with Crippen LogP contribution in [0, 0.1) is 0 Å². The van der Waals surface area contributed by atoms with Crippen molar-refractivity contribution >= 4 is 17.6 Å². The highest BCUT2D eigenvalue weighted by atomic mass is 35.5. The van der Waals surface area contributed by atoms with Crippen LogP contribution in [0.2, 0.25) is 0 Å². The Labute approximate surface area is 117 Å². The van der Waals surface area contributed by atoms with Crippen LogP contribution in [-0.2, 0) is 11.2 Å². The molecular formula is C16H15ClO2. The van der Waals surface area contributed by atoms with Gasteiger partial charge in [-0.3, -0.25) is 4.79 Å². The van der Waals surface area contributed by atoms with Crippen LogP contribution in [0.5, 0.6) is 0 Å². The van der Waals surface area contributed by atoms with Crippen LogP contribution in [0.1, 0.15) is 12.0 Å². The first-order valence-electron chi connectivity index (χ1n) is 6.18. The quantitative estimate of drug-likeness (QED) is 0.838. The first kappa shape index (κ1) is 13.6. The van der Waals surface area contributed by atoms with E-state index in [9.17, 15) is 4.79 Å². The summed E-state index contributed by atoms with van der Waals surface area (Å²) in [5, 5.41) is 7.91. The van der Waals surface area contributed by atoms with Gasteiger partial charge in [-0.15, -0.1) is 11.6 Å². The Bertz CT molecular complexity index is 534. The van der Waals surface area contributed by atoms with E-state index in [1.807, 2.05) is 30.3 Å². The predicted octanol–water partition coefficient (Wildman–Crippen LogP) is 3.98. The van der Waals surface area contributed by atoms with Gasteiger partial charge in [0, 0.05) is 0 Å². The Kier molecular flexibility index (Phi) is 4.58. The predicted molar refractivity (Wildman–Crippen MR) is 77.5 cm³/mol. The number of hydrogen-bond acceptors (Lipinski definition) is 1. The molecule has 0 aliphatic carbocycles. The summed E-state index contributed by atoms with van der Waals surface area (Å²) in [6.45, 7) is 0. The fraction of sp³-hybridized carbons (Fsp3) is 0.188. The standard InChI is InChI=1S/C16H15ClO2/c17-15(16(18)19)11-8-12-6-9-14(10-7-12)13-4-2-1-3-5-13/h1-7,9-10,15H,8,11H2,(H,18,19). The molecule has 2 rings (SSSR count). The molecule has 98 valence electrons. The molecule has 0 amide bonds. The van der Waals surface area contributed by atoms with E-state index in [2.05, 4.69) is 24.3 Å². The van der Waals surface area contributed by atoms with Gasteiger partial charge in [0.15, 0.2) is 0 Å². The molecule has 0 aromatic heterocycles. The lowest BCUT2D eigenvalue weighted by molar-refractivity contribution is -0.136. The van der Waals surface area contributed by atoms with Gasteiger partial charge in [-0.2, -0.15) is 0 Å². The minimum atomic E-state index is -0.956. The van der Waals surface area contributed by atoms with Gasteiger partial charge in [0.2, 0.25) is 0 Å². The molecule has 2 nitrogen and oxygen atoms in total. The average Bonchev–Trinajstić information content (AvgIpc) is 2.46. The van der Waals surface area contributed by atoms with Crippen LogP contribution >= 0.6 is 11.6 Å². The number of alkyl halides is 1. The molecule has 1 atom stereocenters. The van der Waals surface area contributed by atoms with Crippen molar-refractivity contribution in [2.24, 2.45) is 0 Å². The van der Waals surface area contributed by atoms with E-state index in [1.54, 1.807) is 0 Å². The van der Waals surface area contributed by atoms with Crippen molar-refractivity contribution in [2.75, 3.05) is 0 Å². The van der Waals surface area contributed by atoms with Gasteiger partial charge in [-0.05, 0) is 29.5 Å². The number of hydrogen-bond donors (Lipinski definition) is 1. The number of carboxylic acid groups (broad SMARTS) is 1. The van der Waals surface area contributed by atoms with Crippen LogP contribution in [0.4, 0.5) is 0 Å². The molecule has 0 fully saturated rings. The molecule has 3 heteroatoms. The zero-order valence-electron chi connectivity index (χ0n) is 10.4. The summed E-state index contributed by atoms with van der Waals surface area (Å²) in [6.07, 6.45) is 1.12. The maximum Gasteiger partial charge on any atom is 0.321 e. The number of carbonyl (C=O) groups is 1. The first-order valence-corrected chi connectivity index (χ1v) is 6.61. The maximum absolute atomic E-state index is 10.6. The minimum Gasteiger partial charge on any atom is -0.480 e. The Balaban J connectivity index is 2.01. The molecule has 0 saturated carbocycles. The van der Waals surface area contributed by atoms with Crippen molar-refractivity contribution in [2.45, 2.75) is 18.2 Å². The molecule has 2 aromatic rings. The van der Waals surface area contributed by atoms with E-state index >= 15 is 0 Å². The Morgan fingerprint density at radius 1 is 1.00 bits per heavy atom. The van der Waals surface area contributed by atoms with Crippen molar-refractivity contribution in [1.29, 1.82) is 0 Å². The van der Waals surface area contributed by atoms with E-state index < -0.39 is 11.3 Å². The topological polar surface area (TPSA) is 37.3 Å². The van der Waals surface area contributed by atoms with E-state index in [0.717, 1.165) is 11.1 Å². The highest BCUT2D eigenvalue weighted by Gasteiger charge is 2.12. The number of aryl methyl sites for hydroxylation is 1. The molecule has 2 aromatic carbocycles. The number of aliphatic carboxylic acids is 1. The summed E-state index contributed by atoms with van der Waals surface area (Å²) in [7, 11) is 0. The molecule has 1 N–H and O–H groups in total. The molecule has 0 saturated heterocycles. The number of benzene rings is 2. The zero-order chi connectivity index (χ0) is 13.7. The van der Waals surface area contributed by atoms with E-state index in [-0.39, 0.29) is 0 Å². The fourth-order valence-electron chi connectivity index (χ4n) is 1.91. The highest BCUT2D eigenvalue weighted by Crippen LogP contribution is 2.20. The fourth-order valence-corrected chi connectivity index (χ4v) is 2.02. The van der Waals surface area contributed by atoms with Crippen LogP contribution < -0.4 is 0 Å². The van der Waals surface area contributed by atoms with Crippen LogP contribution in [-0.4, -0.2) is 16.5 Å². The maximum atomic E-state index is 10.6. The van der Waals surface area contributed by atoms with Gasteiger partial charge < -0.3 is 5.11 Å². The van der Waals surface area contributed by atoms with E-state index in [0.29, 0.717) is 12.8 Å². The summed E-state index contributed by atoms with van der Waals surface area (Å²) in [5.41, 5.74) is 3.44. The van der Waals surface area contributed by atoms with Gasteiger partial charge in [-0.25, -0.2) is 0 Å². The average molecular weight is 275 g/mol. The van der Waals surface area contributed by atoms with Crippen molar-refractivity contribution in [3.63, 3.8) is 0 Å². The first-order chi connectivity index (χ1) is 9.16. The number of rotatable bonds is 5. The second-order valence-corrected chi connectivity index (χ2v) is 4.93. The van der Waals surface area contributed by atoms with Crippen molar-refractivity contribution < 1.29 is 9.90 Å². The summed E-state index contributed by atoms with van der Waals surface area (Å²) in [5.74, 6) is -0.956. The third kappa shape index (κ3) is 3.83. The monoisotopic (exact) mass is 274 g/mol. The molecule has 0 heterocycles. The normalized spacial score (nSPS) is 12.1. The molecule has 0 aliphatic rings. The Morgan fingerprint density at radius 2 is 1.58 bits per heavy atom. The van der Waals surface area contributed by atoms with Gasteiger partial charge in [0.25, 0.3) is 0 Å². The lowest BCUT2D eigenvalue weighted by Crippen LogP contribution is -2.13. The third-order valence-electron chi connectivity index (χ3n) is 3.02. The lowest BCUT2D eigenvalue weighted by atomic mass is 10.0. The van der Waals surface area contributed by atoms with Gasteiger partial charge in [0.05, 0.1) is 0 Å². The molecule has 0 bridgehead atoms. The third-order valence-corrected chi connectivity index (χ3v) is 3.42. The van der Waals surface area contributed by atoms with E-state index in [4.69, 9.17) is 16.7 Å². The Hall–Kier alpha value is -1.80. The van der Waals surface area contributed by atoms with Gasteiger partial charge >= 0.3 is 5.97 Å². The molecule has 19 heavy (non-hydrogen) atoms. The van der Waals surface area contributed by atoms with Crippen molar-refractivity contribution in [1.82, 2.24) is 0 Å². The van der Waals surface area contributed by atoms with Gasteiger partial charge in [0.1, 0.15) is 5.38 Å². The SMILES string of the molecule is O=C(O)C(Cl)CCc1ccc(-c2ccccc2)cc1. The van der Waals surface area contributed by atoms with Crippen molar-refractivity contribution in [3.05, 3.63) is 60.2 Å². The van der Waals surface area contributed by atoms with Gasteiger partial charge in [-0.1, -0.05) is 54.6 Å². The molecule has 0 radical (unpaired) electrons. The smallest absolute Gasteiger partial charge is 0.321 e. The number of halogens is 1. The molecule has 0 aliphatic heterocycles. The lowest BCUT2D eigenvalue weighted by Gasteiger charge is -2.06. The largest absolute Gasteiger partial charge is 0.480 e. The summed E-state index contributed by atoms with van der Waals surface area (Å²) in [6, 6.07) is 18.3. The Morgan fingerprint density at radius 3 is 2.16 bits per heavy atom. The zero-order valence-corrected chi connectivity index (χ0v) is 11.2. The summed E-state index contributed by atoms with van der Waals surface area (Å²) >= 11 is 5.69. The second-order valence-electron chi connectivity index (χ2n) is 4.41. The van der Waals surface area contributed by atoms with Crippen molar-refractivity contribution in [3.8, 4) is 11.1 Å².